The Morgan fingerprint density at radius 1 is 0.969 bits per heavy atom. The molecule has 0 atom stereocenters. The second-order valence-corrected chi connectivity index (χ2v) is 7.65. The number of halogens is 1. The Kier molecular flexibility index (Phi) is 6.18. The average Bonchev–Trinajstić information content (AvgIpc) is 2.82. The molecule has 4 aromatic rings. The molecule has 0 bridgehead atoms. The van der Waals surface area contributed by atoms with Gasteiger partial charge < -0.3 is 4.90 Å². The molecule has 0 fully saturated rings. The van der Waals surface area contributed by atoms with E-state index in [1.807, 2.05) is 12.1 Å². The molecule has 1 amide bonds. The normalized spacial score (nSPS) is 10.9. The van der Waals surface area contributed by atoms with Gasteiger partial charge in [0.1, 0.15) is 6.54 Å². The largest absolute Gasteiger partial charge is 0.331 e. The third-order valence-electron chi connectivity index (χ3n) is 5.23. The Bertz CT molecular complexity index is 1380. The van der Waals surface area contributed by atoms with Crippen molar-refractivity contribution in [3.63, 3.8) is 0 Å². The van der Waals surface area contributed by atoms with Crippen molar-refractivity contribution in [1.82, 2.24) is 14.1 Å². The van der Waals surface area contributed by atoms with Crippen molar-refractivity contribution < 1.29 is 4.79 Å². The first kappa shape index (κ1) is 21.5. The van der Waals surface area contributed by atoms with Crippen LogP contribution in [0.5, 0.6) is 0 Å². The highest BCUT2D eigenvalue weighted by atomic mass is 35.5. The van der Waals surface area contributed by atoms with Gasteiger partial charge in [0.05, 0.1) is 23.1 Å². The number of rotatable bonds is 6. The van der Waals surface area contributed by atoms with Gasteiger partial charge >= 0.3 is 5.69 Å². The Morgan fingerprint density at radius 3 is 2.38 bits per heavy atom. The summed E-state index contributed by atoms with van der Waals surface area (Å²) in [6, 6.07) is 19.2. The molecule has 2 aromatic carbocycles. The number of para-hydroxylation sites is 1. The number of hydrogen-bond donors (Lipinski definition) is 0. The predicted molar refractivity (Wildman–Crippen MR) is 125 cm³/mol. The van der Waals surface area contributed by atoms with Gasteiger partial charge in [-0.25, -0.2) is 4.79 Å². The Hall–Kier alpha value is -3.71. The van der Waals surface area contributed by atoms with Crippen molar-refractivity contribution in [2.75, 3.05) is 4.90 Å². The lowest BCUT2D eigenvalue weighted by Gasteiger charge is -2.24. The maximum Gasteiger partial charge on any atom is 0.331 e. The molecular weight excluding hydrogens is 428 g/mol. The molecule has 7 nitrogen and oxygen atoms in total. The molecule has 0 saturated heterocycles. The van der Waals surface area contributed by atoms with Gasteiger partial charge in [0, 0.05) is 23.5 Å². The molecule has 0 radical (unpaired) electrons. The van der Waals surface area contributed by atoms with Crippen LogP contribution in [0.2, 0.25) is 5.02 Å². The van der Waals surface area contributed by atoms with E-state index in [4.69, 9.17) is 11.6 Å². The summed E-state index contributed by atoms with van der Waals surface area (Å²) < 4.78 is 2.49. The SMILES string of the molecule is CCn1c(=O)c2ccccc2n(CC(=O)N(Cc2ccccn2)c2ccc(Cl)cc2)c1=O. The van der Waals surface area contributed by atoms with E-state index in [0.717, 1.165) is 4.57 Å². The molecule has 0 spiro atoms. The van der Waals surface area contributed by atoms with Crippen LogP contribution in [0.1, 0.15) is 12.6 Å². The fraction of sp³-hybridized carbons (Fsp3) is 0.167. The van der Waals surface area contributed by atoms with E-state index in [9.17, 15) is 14.4 Å². The molecule has 32 heavy (non-hydrogen) atoms. The minimum absolute atomic E-state index is 0.214. The second kappa shape index (κ2) is 9.20. The van der Waals surface area contributed by atoms with Gasteiger partial charge in [-0.2, -0.15) is 0 Å². The van der Waals surface area contributed by atoms with E-state index in [1.54, 1.807) is 72.6 Å². The minimum atomic E-state index is -0.515. The van der Waals surface area contributed by atoms with Crippen LogP contribution in [0, 0.1) is 0 Å². The quantitative estimate of drug-likeness (QED) is 0.452. The van der Waals surface area contributed by atoms with E-state index in [2.05, 4.69) is 4.98 Å². The van der Waals surface area contributed by atoms with Crippen LogP contribution < -0.4 is 16.1 Å². The highest BCUT2D eigenvalue weighted by molar-refractivity contribution is 6.30. The van der Waals surface area contributed by atoms with Crippen molar-refractivity contribution in [2.24, 2.45) is 0 Å². The number of pyridine rings is 1. The minimum Gasteiger partial charge on any atom is -0.305 e. The van der Waals surface area contributed by atoms with Crippen LogP contribution in [0.25, 0.3) is 10.9 Å². The zero-order chi connectivity index (χ0) is 22.7. The molecular formula is C24H21ClN4O3. The summed E-state index contributed by atoms with van der Waals surface area (Å²) in [5.74, 6) is -0.313. The lowest BCUT2D eigenvalue weighted by atomic mass is 10.2. The number of carbonyl (C=O) groups excluding carboxylic acids is 1. The summed E-state index contributed by atoms with van der Waals surface area (Å²) in [5, 5.41) is 0.945. The molecule has 0 saturated carbocycles. The maximum absolute atomic E-state index is 13.5. The predicted octanol–water partition coefficient (Wildman–Crippen LogP) is 3.46. The van der Waals surface area contributed by atoms with E-state index in [1.165, 1.54) is 4.57 Å². The third kappa shape index (κ3) is 4.20. The van der Waals surface area contributed by atoms with E-state index in [-0.39, 0.29) is 31.1 Å². The number of amides is 1. The molecule has 0 aliphatic rings. The van der Waals surface area contributed by atoms with Crippen LogP contribution in [0.15, 0.2) is 82.5 Å². The zero-order valence-corrected chi connectivity index (χ0v) is 18.2. The van der Waals surface area contributed by atoms with Crippen LogP contribution in [0.3, 0.4) is 0 Å². The number of nitrogens with zero attached hydrogens (tertiary/aromatic N) is 4. The number of carbonyl (C=O) groups is 1. The van der Waals surface area contributed by atoms with Crippen molar-refractivity contribution >= 4 is 34.1 Å². The number of anilines is 1. The molecule has 0 N–H and O–H groups in total. The Balaban J connectivity index is 1.79. The van der Waals surface area contributed by atoms with Gasteiger partial charge in [0.25, 0.3) is 5.56 Å². The van der Waals surface area contributed by atoms with Gasteiger partial charge in [0.15, 0.2) is 0 Å². The van der Waals surface area contributed by atoms with Crippen molar-refractivity contribution in [1.29, 1.82) is 0 Å². The number of fused-ring (bicyclic) bond motifs is 1. The highest BCUT2D eigenvalue weighted by Crippen LogP contribution is 2.21. The standard InChI is InChI=1S/C24H21ClN4O3/c1-2-27-23(31)20-8-3-4-9-21(20)29(24(27)32)16-22(30)28(15-18-7-5-6-14-26-18)19-12-10-17(25)11-13-19/h3-14H,2,15-16H2,1H3. The number of aromatic nitrogens is 3. The van der Waals surface area contributed by atoms with Gasteiger partial charge in [-0.05, 0) is 55.5 Å². The molecule has 0 unspecified atom stereocenters. The smallest absolute Gasteiger partial charge is 0.305 e. The lowest BCUT2D eigenvalue weighted by molar-refractivity contribution is -0.119. The molecule has 8 heteroatoms. The van der Waals surface area contributed by atoms with Gasteiger partial charge in [0.2, 0.25) is 5.91 Å². The highest BCUT2D eigenvalue weighted by Gasteiger charge is 2.20. The van der Waals surface area contributed by atoms with E-state index < -0.39 is 5.69 Å². The topological polar surface area (TPSA) is 77.2 Å². The fourth-order valence-electron chi connectivity index (χ4n) is 3.62. The summed E-state index contributed by atoms with van der Waals surface area (Å²) >= 11 is 6.03. The molecule has 162 valence electrons. The Labute approximate surface area is 189 Å². The zero-order valence-electron chi connectivity index (χ0n) is 17.4. The first-order chi connectivity index (χ1) is 15.5. The third-order valence-corrected chi connectivity index (χ3v) is 5.48. The first-order valence-electron chi connectivity index (χ1n) is 10.2. The molecule has 2 heterocycles. The van der Waals surface area contributed by atoms with Crippen molar-refractivity contribution in [3.8, 4) is 0 Å². The Morgan fingerprint density at radius 2 is 1.69 bits per heavy atom. The summed E-state index contributed by atoms with van der Waals surface area (Å²) in [4.78, 5) is 45.1. The van der Waals surface area contributed by atoms with Crippen LogP contribution in [0.4, 0.5) is 5.69 Å². The van der Waals surface area contributed by atoms with Crippen LogP contribution >= 0.6 is 11.6 Å². The molecule has 0 aliphatic carbocycles. The van der Waals surface area contributed by atoms with Crippen LogP contribution in [-0.4, -0.2) is 20.0 Å². The summed E-state index contributed by atoms with van der Waals surface area (Å²) in [6.07, 6.45) is 1.66. The van der Waals surface area contributed by atoms with Gasteiger partial charge in [-0.15, -0.1) is 0 Å². The number of benzene rings is 2. The van der Waals surface area contributed by atoms with Crippen molar-refractivity contribution in [3.05, 3.63) is 104 Å². The summed E-state index contributed by atoms with van der Waals surface area (Å²) in [7, 11) is 0. The maximum atomic E-state index is 13.5. The van der Waals surface area contributed by atoms with Gasteiger partial charge in [-0.3, -0.25) is 23.7 Å². The first-order valence-corrected chi connectivity index (χ1v) is 10.6. The lowest BCUT2D eigenvalue weighted by Crippen LogP contribution is -2.43. The summed E-state index contributed by atoms with van der Waals surface area (Å²) in [6.45, 7) is 1.94. The van der Waals surface area contributed by atoms with E-state index in [0.29, 0.717) is 27.3 Å². The van der Waals surface area contributed by atoms with Crippen molar-refractivity contribution in [2.45, 2.75) is 26.6 Å². The number of hydrogen-bond acceptors (Lipinski definition) is 4. The van der Waals surface area contributed by atoms with Gasteiger partial charge in [-0.1, -0.05) is 29.8 Å². The molecule has 2 aromatic heterocycles. The fourth-order valence-corrected chi connectivity index (χ4v) is 3.75. The van der Waals surface area contributed by atoms with Crippen LogP contribution in [-0.2, 0) is 24.4 Å². The second-order valence-electron chi connectivity index (χ2n) is 7.21. The molecule has 4 rings (SSSR count). The molecule has 0 aliphatic heterocycles. The van der Waals surface area contributed by atoms with E-state index >= 15 is 0 Å². The summed E-state index contributed by atoms with van der Waals surface area (Å²) in [5.41, 5.74) is 0.880. The average molecular weight is 449 g/mol. The monoisotopic (exact) mass is 448 g/mol.